The van der Waals surface area contributed by atoms with Crippen molar-refractivity contribution in [3.05, 3.63) is 45.6 Å². The molecule has 2 aliphatic rings. The highest BCUT2D eigenvalue weighted by molar-refractivity contribution is 5.76. The van der Waals surface area contributed by atoms with Crippen LogP contribution < -0.4 is 15.6 Å². The molecular formula is C23H25F6N5O4. The van der Waals surface area contributed by atoms with Gasteiger partial charge >= 0.3 is 12.4 Å². The molecule has 0 radical (unpaired) electrons. The van der Waals surface area contributed by atoms with Gasteiger partial charge in [-0.25, -0.2) is 5.10 Å². The zero-order chi connectivity index (χ0) is 27.7. The van der Waals surface area contributed by atoms with Crippen molar-refractivity contribution in [3.63, 3.8) is 0 Å². The van der Waals surface area contributed by atoms with Gasteiger partial charge in [0, 0.05) is 25.3 Å². The summed E-state index contributed by atoms with van der Waals surface area (Å²) >= 11 is 0. The molecule has 15 heteroatoms. The van der Waals surface area contributed by atoms with Crippen LogP contribution in [-0.4, -0.2) is 64.9 Å². The van der Waals surface area contributed by atoms with Crippen LogP contribution in [0.2, 0.25) is 0 Å². The standard InChI is InChI=1S/C23H25F6N5O4/c1-13(32-15-10-31-33-20(36)18(15)23(27,28)29)11-37-7-2-17(35)34-5-3-21(4-6-34)12-38-16-8-14(22(24,25)26)9-30-19(16)21/h8-10,13H,2-7,11-12H2,1H3,(H2,32,33,36). The number of nitrogens with zero attached hydrogens (tertiary/aromatic N) is 3. The van der Waals surface area contributed by atoms with Crippen LogP contribution in [-0.2, 0) is 27.3 Å². The molecule has 4 heterocycles. The minimum Gasteiger partial charge on any atom is -0.491 e. The van der Waals surface area contributed by atoms with Crippen molar-refractivity contribution < 1.29 is 40.6 Å². The third-order valence-corrected chi connectivity index (χ3v) is 6.63. The maximum absolute atomic E-state index is 13.1. The fraction of sp³-hybridized carbons (Fsp3) is 0.565. The molecule has 9 nitrogen and oxygen atoms in total. The molecule has 2 aromatic rings. The van der Waals surface area contributed by atoms with Gasteiger partial charge < -0.3 is 19.7 Å². The first kappa shape index (κ1) is 27.7. The number of aromatic amines is 1. The highest BCUT2D eigenvalue weighted by Crippen LogP contribution is 2.46. The number of ether oxygens (including phenoxy) is 2. The number of carbonyl (C=O) groups excluding carboxylic acids is 1. The lowest BCUT2D eigenvalue weighted by Gasteiger charge is -2.38. The van der Waals surface area contributed by atoms with E-state index in [1.54, 1.807) is 16.9 Å². The van der Waals surface area contributed by atoms with Crippen molar-refractivity contribution >= 4 is 11.6 Å². The molecule has 1 spiro atoms. The van der Waals surface area contributed by atoms with Crippen LogP contribution in [0.3, 0.4) is 0 Å². The van der Waals surface area contributed by atoms with E-state index in [-0.39, 0.29) is 37.9 Å². The molecule has 0 aromatic carbocycles. The van der Waals surface area contributed by atoms with E-state index in [4.69, 9.17) is 9.47 Å². The molecule has 1 amide bonds. The summed E-state index contributed by atoms with van der Waals surface area (Å²) in [5.74, 6) is -0.0629. The Morgan fingerprint density at radius 3 is 2.58 bits per heavy atom. The summed E-state index contributed by atoms with van der Waals surface area (Å²) in [7, 11) is 0. The van der Waals surface area contributed by atoms with Crippen LogP contribution in [0.5, 0.6) is 5.75 Å². The van der Waals surface area contributed by atoms with Gasteiger partial charge in [0.15, 0.2) is 0 Å². The van der Waals surface area contributed by atoms with E-state index in [1.807, 2.05) is 0 Å². The summed E-state index contributed by atoms with van der Waals surface area (Å²) in [6, 6.07) is 0.343. The van der Waals surface area contributed by atoms with E-state index in [9.17, 15) is 35.9 Å². The number of hydrogen-bond donors (Lipinski definition) is 2. The zero-order valence-electron chi connectivity index (χ0n) is 20.2. The molecule has 0 aliphatic carbocycles. The van der Waals surface area contributed by atoms with Crippen molar-refractivity contribution in [2.75, 3.05) is 38.2 Å². The normalized spacial score (nSPS) is 17.7. The Labute approximate surface area is 212 Å². The summed E-state index contributed by atoms with van der Waals surface area (Å²) in [6.45, 7) is 2.50. The van der Waals surface area contributed by atoms with Crippen LogP contribution >= 0.6 is 0 Å². The van der Waals surface area contributed by atoms with Gasteiger partial charge in [-0.2, -0.15) is 31.4 Å². The number of likely N-dealkylation sites (tertiary alicyclic amines) is 1. The predicted octanol–water partition coefficient (Wildman–Crippen LogP) is 3.36. The first-order valence-electron chi connectivity index (χ1n) is 11.8. The molecule has 2 aliphatic heterocycles. The van der Waals surface area contributed by atoms with Gasteiger partial charge in [0.1, 0.15) is 11.3 Å². The number of fused-ring (bicyclic) bond motifs is 2. The van der Waals surface area contributed by atoms with Crippen LogP contribution in [0.15, 0.2) is 23.3 Å². The lowest BCUT2D eigenvalue weighted by atomic mass is 9.77. The number of H-pyrrole nitrogens is 1. The Hall–Kier alpha value is -3.36. The maximum Gasteiger partial charge on any atom is 0.423 e. The quantitative estimate of drug-likeness (QED) is 0.403. The number of anilines is 1. The minimum atomic E-state index is -4.87. The second-order valence-electron chi connectivity index (χ2n) is 9.37. The van der Waals surface area contributed by atoms with Crippen molar-refractivity contribution in [3.8, 4) is 5.75 Å². The van der Waals surface area contributed by atoms with E-state index in [0.29, 0.717) is 31.6 Å². The van der Waals surface area contributed by atoms with Crippen molar-refractivity contribution in [1.29, 1.82) is 0 Å². The van der Waals surface area contributed by atoms with E-state index >= 15 is 0 Å². The van der Waals surface area contributed by atoms with E-state index < -0.39 is 46.2 Å². The summed E-state index contributed by atoms with van der Waals surface area (Å²) < 4.78 is 89.3. The van der Waals surface area contributed by atoms with Crippen LogP contribution in [0, 0.1) is 0 Å². The number of alkyl halides is 6. The maximum atomic E-state index is 13.1. The number of halogens is 6. The van der Waals surface area contributed by atoms with Gasteiger partial charge in [-0.3, -0.25) is 14.6 Å². The Morgan fingerprint density at radius 1 is 1.21 bits per heavy atom. The lowest BCUT2D eigenvalue weighted by Crippen LogP contribution is -2.46. The fourth-order valence-electron chi connectivity index (χ4n) is 4.63. The Morgan fingerprint density at radius 2 is 1.92 bits per heavy atom. The lowest BCUT2D eigenvalue weighted by molar-refractivity contribution is -0.138. The fourth-order valence-corrected chi connectivity index (χ4v) is 4.63. The number of piperidine rings is 1. The van der Waals surface area contributed by atoms with Crippen molar-refractivity contribution in [2.45, 2.75) is 50.0 Å². The minimum absolute atomic E-state index is 0.0276. The van der Waals surface area contributed by atoms with E-state index in [2.05, 4.69) is 15.4 Å². The average molecular weight is 549 g/mol. The molecule has 208 valence electrons. The molecule has 38 heavy (non-hydrogen) atoms. The molecule has 1 fully saturated rings. The van der Waals surface area contributed by atoms with Crippen LogP contribution in [0.25, 0.3) is 0 Å². The smallest absolute Gasteiger partial charge is 0.423 e. The summed E-state index contributed by atoms with van der Waals surface area (Å²) in [5, 5.41) is 7.70. The second-order valence-corrected chi connectivity index (χ2v) is 9.37. The number of rotatable bonds is 7. The monoisotopic (exact) mass is 549 g/mol. The molecular weight excluding hydrogens is 524 g/mol. The first-order chi connectivity index (χ1) is 17.8. The van der Waals surface area contributed by atoms with Gasteiger partial charge in [-0.15, -0.1) is 0 Å². The zero-order valence-corrected chi connectivity index (χ0v) is 20.2. The van der Waals surface area contributed by atoms with E-state index in [1.165, 1.54) is 0 Å². The van der Waals surface area contributed by atoms with Crippen LogP contribution in [0.1, 0.15) is 43.0 Å². The third kappa shape index (κ3) is 5.87. The van der Waals surface area contributed by atoms with Gasteiger partial charge in [-0.05, 0) is 25.8 Å². The molecule has 2 N–H and O–H groups in total. The van der Waals surface area contributed by atoms with Crippen molar-refractivity contribution in [2.24, 2.45) is 0 Å². The molecule has 1 atom stereocenters. The van der Waals surface area contributed by atoms with Crippen LogP contribution in [0.4, 0.5) is 32.0 Å². The topological polar surface area (TPSA) is 109 Å². The number of pyridine rings is 1. The van der Waals surface area contributed by atoms with Gasteiger partial charge in [0.05, 0.1) is 54.8 Å². The highest BCUT2D eigenvalue weighted by Gasteiger charge is 2.46. The summed E-state index contributed by atoms with van der Waals surface area (Å²) in [4.78, 5) is 29.8. The van der Waals surface area contributed by atoms with Gasteiger partial charge in [0.2, 0.25) is 5.91 Å². The molecule has 1 unspecified atom stereocenters. The number of aromatic nitrogens is 3. The predicted molar refractivity (Wildman–Crippen MR) is 121 cm³/mol. The van der Waals surface area contributed by atoms with E-state index in [0.717, 1.165) is 18.5 Å². The average Bonchev–Trinajstić information content (AvgIpc) is 3.18. The number of hydrogen-bond acceptors (Lipinski definition) is 7. The van der Waals surface area contributed by atoms with Gasteiger partial charge in [-0.1, -0.05) is 0 Å². The molecule has 0 bridgehead atoms. The summed E-state index contributed by atoms with van der Waals surface area (Å²) in [5.41, 5.74) is -4.16. The Kier molecular flexibility index (Phi) is 7.59. The second kappa shape index (κ2) is 10.4. The molecule has 2 aromatic heterocycles. The largest absolute Gasteiger partial charge is 0.491 e. The molecule has 0 saturated carbocycles. The third-order valence-electron chi connectivity index (χ3n) is 6.63. The SMILES string of the molecule is CC(COCCC(=O)N1CCC2(CC1)COc1cc(C(F)(F)F)cnc12)Nc1cn[nH]c(=O)c1C(F)(F)F. The Balaban J connectivity index is 1.23. The molecule has 4 rings (SSSR count). The number of carbonyl (C=O) groups is 1. The highest BCUT2D eigenvalue weighted by atomic mass is 19.4. The number of amides is 1. The van der Waals surface area contributed by atoms with Crippen molar-refractivity contribution in [1.82, 2.24) is 20.1 Å². The first-order valence-corrected chi connectivity index (χ1v) is 11.8. The Bertz CT molecular complexity index is 1220. The molecule has 1 saturated heterocycles. The van der Waals surface area contributed by atoms with Gasteiger partial charge in [0.25, 0.3) is 5.56 Å². The summed E-state index contributed by atoms with van der Waals surface area (Å²) in [6.07, 6.45) is -6.71. The number of nitrogens with one attached hydrogen (secondary N) is 2.